The molecule has 0 saturated carbocycles. The Morgan fingerprint density at radius 2 is 1.60 bits per heavy atom. The van der Waals surface area contributed by atoms with E-state index < -0.39 is 21.7 Å². The number of phenols is 1. The summed E-state index contributed by atoms with van der Waals surface area (Å²) in [5.74, 6) is -1.89. The Labute approximate surface area is 176 Å². The summed E-state index contributed by atoms with van der Waals surface area (Å²) < 4.78 is 28.1. The quantitative estimate of drug-likeness (QED) is 0.543. The Bertz CT molecular complexity index is 1140. The molecule has 2 N–H and O–H groups in total. The van der Waals surface area contributed by atoms with E-state index in [2.05, 4.69) is 0 Å². The first kappa shape index (κ1) is 21.4. The maximum Gasteiger partial charge on any atom is 0.339 e. The smallest absolute Gasteiger partial charge is 0.339 e. The first-order valence-electron chi connectivity index (χ1n) is 9.59. The highest BCUT2D eigenvalue weighted by molar-refractivity contribution is 7.92. The van der Waals surface area contributed by atoms with Crippen LogP contribution in [0.3, 0.4) is 0 Å². The maximum absolute atomic E-state index is 13.5. The van der Waals surface area contributed by atoms with Crippen molar-refractivity contribution in [2.45, 2.75) is 24.7 Å². The fourth-order valence-electron chi connectivity index (χ4n) is 3.17. The molecule has 30 heavy (non-hydrogen) atoms. The summed E-state index contributed by atoms with van der Waals surface area (Å²) >= 11 is 0. The van der Waals surface area contributed by atoms with Crippen LogP contribution >= 0.6 is 0 Å². The second-order valence-corrected chi connectivity index (χ2v) is 8.67. The van der Waals surface area contributed by atoms with E-state index in [1.54, 1.807) is 12.1 Å². The van der Waals surface area contributed by atoms with Gasteiger partial charge in [-0.05, 0) is 41.8 Å². The third kappa shape index (κ3) is 4.31. The van der Waals surface area contributed by atoms with Crippen molar-refractivity contribution in [2.24, 2.45) is 0 Å². The number of hydrogen-bond donors (Lipinski definition) is 2. The topological polar surface area (TPSA) is 94.9 Å². The highest BCUT2D eigenvalue weighted by Crippen LogP contribution is 2.35. The number of hydrogen-bond acceptors (Lipinski definition) is 4. The normalized spacial score (nSPS) is 11.2. The van der Waals surface area contributed by atoms with Crippen LogP contribution in [-0.4, -0.2) is 31.1 Å². The zero-order valence-corrected chi connectivity index (χ0v) is 17.3. The number of carbonyl (C=O) groups is 1. The van der Waals surface area contributed by atoms with Gasteiger partial charge in [0.25, 0.3) is 10.0 Å². The monoisotopic (exact) mass is 425 g/mol. The van der Waals surface area contributed by atoms with Crippen LogP contribution in [0.25, 0.3) is 11.1 Å². The molecule has 6 nitrogen and oxygen atoms in total. The Balaban J connectivity index is 2.11. The van der Waals surface area contributed by atoms with E-state index in [4.69, 9.17) is 0 Å². The summed E-state index contributed by atoms with van der Waals surface area (Å²) in [6.45, 7) is 2.04. The van der Waals surface area contributed by atoms with E-state index >= 15 is 0 Å². The van der Waals surface area contributed by atoms with E-state index in [0.717, 1.165) is 21.9 Å². The van der Waals surface area contributed by atoms with Gasteiger partial charge >= 0.3 is 5.97 Å². The lowest BCUT2D eigenvalue weighted by atomic mass is 10.1. The van der Waals surface area contributed by atoms with Crippen molar-refractivity contribution in [3.63, 3.8) is 0 Å². The minimum absolute atomic E-state index is 0.0477. The zero-order chi connectivity index (χ0) is 21.7. The number of para-hydroxylation sites is 1. The average molecular weight is 426 g/mol. The first-order valence-corrected chi connectivity index (χ1v) is 11.0. The van der Waals surface area contributed by atoms with Gasteiger partial charge in [0.2, 0.25) is 0 Å². The molecule has 0 aliphatic rings. The minimum Gasteiger partial charge on any atom is -0.505 e. The fourth-order valence-corrected chi connectivity index (χ4v) is 4.73. The average Bonchev–Trinajstić information content (AvgIpc) is 2.75. The van der Waals surface area contributed by atoms with Gasteiger partial charge in [0.15, 0.2) is 5.75 Å². The zero-order valence-electron chi connectivity index (χ0n) is 16.5. The molecule has 0 spiro atoms. The number of aromatic carboxylic acids is 1. The Morgan fingerprint density at radius 1 is 0.933 bits per heavy atom. The van der Waals surface area contributed by atoms with Crippen molar-refractivity contribution in [3.05, 3.63) is 78.4 Å². The largest absolute Gasteiger partial charge is 0.505 e. The van der Waals surface area contributed by atoms with Gasteiger partial charge in [-0.25, -0.2) is 13.2 Å². The number of unbranched alkanes of at least 4 members (excludes halogenated alkanes) is 1. The molecular weight excluding hydrogens is 402 g/mol. The van der Waals surface area contributed by atoms with Gasteiger partial charge in [-0.1, -0.05) is 61.9 Å². The van der Waals surface area contributed by atoms with Crippen molar-refractivity contribution >= 4 is 21.7 Å². The van der Waals surface area contributed by atoms with Crippen molar-refractivity contribution in [1.29, 1.82) is 0 Å². The van der Waals surface area contributed by atoms with Gasteiger partial charge in [-0.3, -0.25) is 4.31 Å². The Kier molecular flexibility index (Phi) is 6.42. The van der Waals surface area contributed by atoms with Crippen LogP contribution in [0.1, 0.15) is 30.1 Å². The van der Waals surface area contributed by atoms with Crippen molar-refractivity contribution < 1.29 is 23.4 Å². The molecule has 0 heterocycles. The Hall–Kier alpha value is -3.32. The number of aromatic hydroxyl groups is 1. The lowest BCUT2D eigenvalue weighted by molar-refractivity contribution is 0.0693. The van der Waals surface area contributed by atoms with Crippen molar-refractivity contribution in [3.8, 4) is 16.9 Å². The molecule has 3 aromatic carbocycles. The van der Waals surface area contributed by atoms with E-state index in [1.165, 1.54) is 24.3 Å². The Morgan fingerprint density at radius 3 is 2.27 bits per heavy atom. The molecule has 0 atom stereocenters. The molecule has 0 saturated heterocycles. The van der Waals surface area contributed by atoms with Crippen LogP contribution in [0.4, 0.5) is 5.69 Å². The van der Waals surface area contributed by atoms with Gasteiger partial charge < -0.3 is 10.2 Å². The third-order valence-corrected chi connectivity index (χ3v) is 6.57. The molecule has 7 heteroatoms. The third-order valence-electron chi connectivity index (χ3n) is 4.76. The van der Waals surface area contributed by atoms with E-state index in [9.17, 15) is 23.4 Å². The summed E-state index contributed by atoms with van der Waals surface area (Å²) in [5, 5.41) is 19.8. The summed E-state index contributed by atoms with van der Waals surface area (Å²) in [5.41, 5.74) is 1.23. The number of anilines is 1. The molecule has 0 aliphatic heterocycles. The van der Waals surface area contributed by atoms with E-state index in [0.29, 0.717) is 6.42 Å². The molecule has 0 unspecified atom stereocenters. The van der Waals surface area contributed by atoms with Crippen LogP contribution in [0.2, 0.25) is 0 Å². The molecule has 0 aliphatic carbocycles. The standard InChI is InChI=1S/C23H23NO5S/c1-2-3-15-24(21-14-8-13-20(22(21)25)23(26)27)30(28,29)19-12-7-11-18(16-19)17-9-5-4-6-10-17/h4-14,16,25H,2-3,15H2,1H3,(H,26,27). The molecular formula is C23H23NO5S. The summed E-state index contributed by atoms with van der Waals surface area (Å²) in [6.07, 6.45) is 1.28. The van der Waals surface area contributed by atoms with Crippen LogP contribution in [0.5, 0.6) is 5.75 Å². The van der Waals surface area contributed by atoms with Crippen LogP contribution in [0.15, 0.2) is 77.7 Å². The number of nitrogens with zero attached hydrogens (tertiary/aromatic N) is 1. The van der Waals surface area contributed by atoms with E-state index in [1.807, 2.05) is 43.3 Å². The van der Waals surface area contributed by atoms with Gasteiger partial charge in [0.05, 0.1) is 10.6 Å². The number of carboxylic acid groups (broad SMARTS) is 1. The molecule has 0 bridgehead atoms. The molecule has 0 radical (unpaired) electrons. The fraction of sp³-hybridized carbons (Fsp3) is 0.174. The first-order chi connectivity index (χ1) is 14.4. The van der Waals surface area contributed by atoms with Gasteiger partial charge in [0, 0.05) is 6.54 Å². The molecule has 0 fully saturated rings. The lowest BCUT2D eigenvalue weighted by Crippen LogP contribution is -2.32. The summed E-state index contributed by atoms with van der Waals surface area (Å²) in [7, 11) is -4.04. The highest BCUT2D eigenvalue weighted by atomic mass is 32.2. The number of carboxylic acids is 1. The van der Waals surface area contributed by atoms with Gasteiger partial charge in [0.1, 0.15) is 5.56 Å². The minimum atomic E-state index is -4.04. The molecule has 3 aromatic rings. The molecule has 156 valence electrons. The summed E-state index contributed by atoms with van der Waals surface area (Å²) in [6, 6.07) is 20.1. The van der Waals surface area contributed by atoms with Crippen LogP contribution in [0, 0.1) is 0 Å². The maximum atomic E-state index is 13.5. The lowest BCUT2D eigenvalue weighted by Gasteiger charge is -2.26. The summed E-state index contributed by atoms with van der Waals surface area (Å²) in [4.78, 5) is 11.5. The SMILES string of the molecule is CCCCN(c1cccc(C(=O)O)c1O)S(=O)(=O)c1cccc(-c2ccccc2)c1. The van der Waals surface area contributed by atoms with Crippen LogP contribution < -0.4 is 4.31 Å². The second-order valence-electron chi connectivity index (χ2n) is 6.80. The number of sulfonamides is 1. The number of benzene rings is 3. The predicted molar refractivity (Wildman–Crippen MR) is 116 cm³/mol. The molecule has 3 rings (SSSR count). The van der Waals surface area contributed by atoms with Gasteiger partial charge in [-0.2, -0.15) is 0 Å². The highest BCUT2D eigenvalue weighted by Gasteiger charge is 2.28. The predicted octanol–water partition coefficient (Wildman–Crippen LogP) is 4.75. The van der Waals surface area contributed by atoms with Crippen molar-refractivity contribution in [1.82, 2.24) is 0 Å². The van der Waals surface area contributed by atoms with E-state index in [-0.39, 0.29) is 22.7 Å². The number of rotatable bonds is 8. The van der Waals surface area contributed by atoms with Crippen molar-refractivity contribution in [2.75, 3.05) is 10.8 Å². The molecule has 0 aromatic heterocycles. The molecule has 0 amide bonds. The second kappa shape index (κ2) is 9.00. The van der Waals surface area contributed by atoms with Gasteiger partial charge in [-0.15, -0.1) is 0 Å². The van der Waals surface area contributed by atoms with Crippen LogP contribution in [-0.2, 0) is 10.0 Å².